The maximum atomic E-state index is 12.3. The third kappa shape index (κ3) is 5.07. The topological polar surface area (TPSA) is 125 Å². The van der Waals surface area contributed by atoms with Crippen LogP contribution in [-0.2, 0) is 19.4 Å². The number of nitriles is 1. The van der Waals surface area contributed by atoms with Crippen LogP contribution in [0.25, 0.3) is 0 Å². The molecule has 0 aromatic heterocycles. The maximum Gasteiger partial charge on any atom is 0.340 e. The largest absolute Gasteiger partial charge is 0.462 e. The Morgan fingerprint density at radius 2 is 2.12 bits per heavy atom. The molecule has 1 saturated heterocycles. The van der Waals surface area contributed by atoms with E-state index in [4.69, 9.17) is 4.74 Å². The Hall–Kier alpha value is -2.86. The van der Waals surface area contributed by atoms with Crippen LogP contribution < -0.4 is 10.6 Å². The summed E-state index contributed by atoms with van der Waals surface area (Å²) < 4.78 is 27.8. The molecule has 9 heteroatoms. The number of sulfone groups is 1. The van der Waals surface area contributed by atoms with Crippen LogP contribution in [0.1, 0.15) is 23.7 Å². The first-order chi connectivity index (χ1) is 12.4. The predicted octanol–water partition coefficient (Wildman–Crippen LogP) is 0.986. The van der Waals surface area contributed by atoms with Gasteiger partial charge in [-0.25, -0.2) is 13.2 Å². The average molecular weight is 377 g/mol. The van der Waals surface area contributed by atoms with Gasteiger partial charge in [0.2, 0.25) is 0 Å². The zero-order chi connectivity index (χ0) is 19.2. The molecule has 0 spiro atoms. The van der Waals surface area contributed by atoms with Crippen LogP contribution in [0.2, 0.25) is 0 Å². The zero-order valence-electron chi connectivity index (χ0n) is 14.2. The molecule has 8 nitrogen and oxygen atoms in total. The van der Waals surface area contributed by atoms with E-state index in [1.165, 1.54) is 18.3 Å². The summed E-state index contributed by atoms with van der Waals surface area (Å²) in [6.07, 6.45) is 1.62. The highest BCUT2D eigenvalue weighted by atomic mass is 32.2. The van der Waals surface area contributed by atoms with Gasteiger partial charge in [-0.1, -0.05) is 12.1 Å². The van der Waals surface area contributed by atoms with E-state index in [9.17, 15) is 23.3 Å². The van der Waals surface area contributed by atoms with Crippen molar-refractivity contribution in [3.8, 4) is 6.07 Å². The van der Waals surface area contributed by atoms with Gasteiger partial charge in [-0.05, 0) is 25.5 Å². The fraction of sp³-hybridized carbons (Fsp3) is 0.353. The second-order valence-electron chi connectivity index (χ2n) is 5.66. The minimum absolute atomic E-state index is 0.0322. The summed E-state index contributed by atoms with van der Waals surface area (Å²) in [5.41, 5.74) is 0.170. The Labute approximate surface area is 151 Å². The molecule has 26 heavy (non-hydrogen) atoms. The van der Waals surface area contributed by atoms with Crippen molar-refractivity contribution < 1.29 is 22.7 Å². The first kappa shape index (κ1) is 19.5. The molecule has 1 heterocycles. The van der Waals surface area contributed by atoms with Crippen molar-refractivity contribution in [3.63, 3.8) is 0 Å². The number of ether oxygens (including phenoxy) is 1. The van der Waals surface area contributed by atoms with Gasteiger partial charge in [0.15, 0.2) is 9.84 Å². The summed E-state index contributed by atoms with van der Waals surface area (Å²) in [6.45, 7) is 1.86. The molecular weight excluding hydrogens is 358 g/mol. The van der Waals surface area contributed by atoms with Crippen LogP contribution >= 0.6 is 0 Å². The summed E-state index contributed by atoms with van der Waals surface area (Å²) in [5.74, 6) is -1.24. The highest BCUT2D eigenvalue weighted by Gasteiger charge is 2.27. The number of nitrogens with one attached hydrogen (secondary N) is 2. The molecule has 0 radical (unpaired) electrons. The van der Waals surface area contributed by atoms with Crippen molar-refractivity contribution in [1.82, 2.24) is 5.32 Å². The number of esters is 1. The third-order valence-corrected chi connectivity index (χ3v) is 5.50. The van der Waals surface area contributed by atoms with Gasteiger partial charge >= 0.3 is 5.97 Å². The van der Waals surface area contributed by atoms with E-state index in [0.29, 0.717) is 6.42 Å². The molecule has 0 saturated carbocycles. The normalized spacial score (nSPS) is 18.6. The lowest BCUT2D eigenvalue weighted by molar-refractivity contribution is -0.112. The highest BCUT2D eigenvalue weighted by Crippen LogP contribution is 2.17. The SMILES string of the molecule is CCOC(=O)c1ccccc1NC(=O)/C(C#N)=C\NC1CCS(=O)(=O)C1. The maximum absolute atomic E-state index is 12.3. The Morgan fingerprint density at radius 3 is 2.73 bits per heavy atom. The molecule has 1 aliphatic heterocycles. The molecule has 1 atom stereocenters. The van der Waals surface area contributed by atoms with Crippen molar-refractivity contribution in [1.29, 1.82) is 5.26 Å². The molecule has 1 aliphatic rings. The molecule has 1 unspecified atom stereocenters. The molecule has 2 N–H and O–H groups in total. The van der Waals surface area contributed by atoms with E-state index >= 15 is 0 Å². The third-order valence-electron chi connectivity index (χ3n) is 3.73. The number of carbonyl (C=O) groups is 2. The van der Waals surface area contributed by atoms with Gasteiger partial charge in [0.25, 0.3) is 5.91 Å². The molecule has 2 rings (SSSR count). The van der Waals surface area contributed by atoms with Crippen LogP contribution in [0, 0.1) is 11.3 Å². The molecule has 1 aromatic rings. The smallest absolute Gasteiger partial charge is 0.340 e. The fourth-order valence-electron chi connectivity index (χ4n) is 2.44. The van der Waals surface area contributed by atoms with Crippen molar-refractivity contribution in [2.24, 2.45) is 0 Å². The molecule has 1 amide bonds. The molecule has 0 aliphatic carbocycles. The Morgan fingerprint density at radius 1 is 1.38 bits per heavy atom. The lowest BCUT2D eigenvalue weighted by Crippen LogP contribution is -2.27. The first-order valence-electron chi connectivity index (χ1n) is 8.00. The second-order valence-corrected chi connectivity index (χ2v) is 7.89. The molecule has 0 bridgehead atoms. The highest BCUT2D eigenvalue weighted by molar-refractivity contribution is 7.91. The lowest BCUT2D eigenvalue weighted by atomic mass is 10.1. The van der Waals surface area contributed by atoms with Crippen LogP contribution in [-0.4, -0.2) is 44.4 Å². The summed E-state index contributed by atoms with van der Waals surface area (Å²) in [4.78, 5) is 24.2. The molecule has 1 fully saturated rings. The Kier molecular flexibility index (Phi) is 6.36. The fourth-order valence-corrected chi connectivity index (χ4v) is 4.13. The quantitative estimate of drug-likeness (QED) is 0.430. The summed E-state index contributed by atoms with van der Waals surface area (Å²) in [5, 5.41) is 14.5. The van der Waals surface area contributed by atoms with Gasteiger partial charge in [-0.3, -0.25) is 4.79 Å². The minimum atomic E-state index is -3.07. The number of hydrogen-bond donors (Lipinski definition) is 2. The minimum Gasteiger partial charge on any atom is -0.462 e. The van der Waals surface area contributed by atoms with Gasteiger partial charge in [0, 0.05) is 12.2 Å². The van der Waals surface area contributed by atoms with Crippen molar-refractivity contribution >= 4 is 27.4 Å². The van der Waals surface area contributed by atoms with Crippen LogP contribution in [0.3, 0.4) is 0 Å². The summed E-state index contributed by atoms with van der Waals surface area (Å²) >= 11 is 0. The van der Waals surface area contributed by atoms with E-state index in [0.717, 1.165) is 0 Å². The number of para-hydroxylation sites is 1. The molecule has 1 aromatic carbocycles. The van der Waals surface area contributed by atoms with Crippen LogP contribution in [0.5, 0.6) is 0 Å². The standard InChI is InChI=1S/C17H19N3O5S/c1-2-25-17(22)14-5-3-4-6-15(14)20-16(21)12(9-18)10-19-13-7-8-26(23,24)11-13/h3-6,10,13,19H,2,7-8,11H2,1H3,(H,20,21)/b12-10-. The van der Waals surface area contributed by atoms with Crippen molar-refractivity contribution in [2.75, 3.05) is 23.4 Å². The van der Waals surface area contributed by atoms with E-state index < -0.39 is 21.7 Å². The van der Waals surface area contributed by atoms with E-state index in [2.05, 4.69) is 10.6 Å². The van der Waals surface area contributed by atoms with Gasteiger partial charge in [0.05, 0.1) is 29.4 Å². The van der Waals surface area contributed by atoms with Crippen LogP contribution in [0.15, 0.2) is 36.0 Å². The summed E-state index contributed by atoms with van der Waals surface area (Å²) in [7, 11) is -3.07. The van der Waals surface area contributed by atoms with Crippen molar-refractivity contribution in [3.05, 3.63) is 41.6 Å². The number of benzene rings is 1. The number of rotatable bonds is 6. The van der Waals surface area contributed by atoms with Gasteiger partial charge < -0.3 is 15.4 Å². The lowest BCUT2D eigenvalue weighted by Gasteiger charge is -2.11. The van der Waals surface area contributed by atoms with Crippen molar-refractivity contribution in [2.45, 2.75) is 19.4 Å². The number of hydrogen-bond acceptors (Lipinski definition) is 7. The number of nitrogens with zero attached hydrogens (tertiary/aromatic N) is 1. The monoisotopic (exact) mass is 377 g/mol. The van der Waals surface area contributed by atoms with E-state index in [1.54, 1.807) is 25.1 Å². The number of anilines is 1. The predicted molar refractivity (Wildman–Crippen MR) is 94.9 cm³/mol. The first-order valence-corrected chi connectivity index (χ1v) is 9.82. The van der Waals surface area contributed by atoms with Crippen LogP contribution in [0.4, 0.5) is 5.69 Å². The van der Waals surface area contributed by atoms with Gasteiger partial charge in [-0.2, -0.15) is 5.26 Å². The van der Waals surface area contributed by atoms with E-state index in [1.807, 2.05) is 0 Å². The van der Waals surface area contributed by atoms with Gasteiger partial charge in [-0.15, -0.1) is 0 Å². The summed E-state index contributed by atoms with van der Waals surface area (Å²) in [6, 6.07) is 7.72. The second kappa shape index (κ2) is 8.49. The Balaban J connectivity index is 2.09. The zero-order valence-corrected chi connectivity index (χ0v) is 15.0. The molecule has 138 valence electrons. The molecular formula is C17H19N3O5S. The van der Waals surface area contributed by atoms with Gasteiger partial charge in [0.1, 0.15) is 11.6 Å². The number of carbonyl (C=O) groups excluding carboxylic acids is 2. The van der Waals surface area contributed by atoms with E-state index in [-0.39, 0.29) is 41.0 Å². The Bertz CT molecular complexity index is 871. The average Bonchev–Trinajstić information content (AvgIpc) is 2.95. The number of amides is 1.